The first-order valence-electron chi connectivity index (χ1n) is 8.78. The second kappa shape index (κ2) is 8.10. The Labute approximate surface area is 168 Å². The number of carbonyl (C=O) groups is 2. The van der Waals surface area contributed by atoms with Crippen molar-refractivity contribution in [3.8, 4) is 17.2 Å². The molecule has 0 aliphatic carbocycles. The second-order valence-corrected chi connectivity index (χ2v) is 6.28. The van der Waals surface area contributed by atoms with E-state index in [4.69, 9.17) is 14.2 Å². The van der Waals surface area contributed by atoms with Crippen molar-refractivity contribution in [2.75, 3.05) is 26.2 Å². The molecule has 0 saturated carbocycles. The van der Waals surface area contributed by atoms with Gasteiger partial charge in [-0.3, -0.25) is 9.69 Å². The fourth-order valence-electron chi connectivity index (χ4n) is 3.19. The zero-order chi connectivity index (χ0) is 21.1. The average Bonchev–Trinajstić information content (AvgIpc) is 2.98. The molecular weight excluding hydrogens is 374 g/mol. The van der Waals surface area contributed by atoms with Crippen molar-refractivity contribution in [1.82, 2.24) is 0 Å². The highest BCUT2D eigenvalue weighted by Gasteiger charge is 2.38. The third kappa shape index (κ3) is 3.67. The van der Waals surface area contributed by atoms with Gasteiger partial charge in [-0.25, -0.2) is 4.79 Å². The van der Waals surface area contributed by atoms with Crippen molar-refractivity contribution in [1.29, 1.82) is 0 Å². The zero-order valence-corrected chi connectivity index (χ0v) is 16.6. The smallest absolute Gasteiger partial charge is 0.340 e. The number of amides is 1. The monoisotopic (exact) mass is 395 g/mol. The van der Waals surface area contributed by atoms with E-state index in [2.05, 4.69) is 0 Å². The highest BCUT2D eigenvalue weighted by atomic mass is 16.5. The van der Waals surface area contributed by atoms with Crippen molar-refractivity contribution in [3.05, 3.63) is 64.9 Å². The summed E-state index contributed by atoms with van der Waals surface area (Å²) in [4.78, 5) is 27.1. The highest BCUT2D eigenvalue weighted by molar-refractivity contribution is 6.23. The Bertz CT molecular complexity index is 1020. The van der Waals surface area contributed by atoms with Crippen LogP contribution in [0.2, 0.25) is 0 Å². The number of phenols is 1. The maximum absolute atomic E-state index is 13.3. The van der Waals surface area contributed by atoms with Crippen molar-refractivity contribution in [2.24, 2.45) is 0 Å². The molecule has 150 valence electrons. The van der Waals surface area contributed by atoms with E-state index in [1.807, 2.05) is 0 Å². The van der Waals surface area contributed by atoms with Crippen molar-refractivity contribution in [2.45, 2.75) is 6.92 Å². The van der Waals surface area contributed by atoms with E-state index in [0.717, 1.165) is 0 Å². The summed E-state index contributed by atoms with van der Waals surface area (Å²) in [5.41, 5.74) is 2.02. The molecule has 0 unspecified atom stereocenters. The van der Waals surface area contributed by atoms with E-state index in [-0.39, 0.29) is 22.8 Å². The van der Waals surface area contributed by atoms with E-state index in [1.54, 1.807) is 43.3 Å². The molecule has 0 radical (unpaired) electrons. The number of rotatable bonds is 5. The van der Waals surface area contributed by atoms with Gasteiger partial charge in [0.25, 0.3) is 5.91 Å². The molecule has 3 rings (SSSR count). The molecule has 1 heterocycles. The van der Waals surface area contributed by atoms with E-state index in [0.29, 0.717) is 28.4 Å². The SMILES string of the molecule is COC(=O)C1=C(C)N(c2ccc(OC)c(OC)c2)C(=O)/C1=C\c1ccc(O)cc1. The van der Waals surface area contributed by atoms with Crippen LogP contribution >= 0.6 is 0 Å². The van der Waals surface area contributed by atoms with Crippen LogP contribution in [0.5, 0.6) is 17.2 Å². The summed E-state index contributed by atoms with van der Waals surface area (Å²) >= 11 is 0. The fraction of sp³-hybridized carbons (Fsp3) is 0.182. The molecule has 1 amide bonds. The Morgan fingerprint density at radius 2 is 1.66 bits per heavy atom. The van der Waals surface area contributed by atoms with E-state index >= 15 is 0 Å². The summed E-state index contributed by atoms with van der Waals surface area (Å²) in [6.45, 7) is 1.68. The molecule has 1 aliphatic rings. The van der Waals surface area contributed by atoms with Gasteiger partial charge in [0.1, 0.15) is 5.75 Å². The molecule has 0 aromatic heterocycles. The van der Waals surface area contributed by atoms with Gasteiger partial charge in [-0.05, 0) is 42.8 Å². The Morgan fingerprint density at radius 1 is 1.00 bits per heavy atom. The first kappa shape index (κ1) is 20.0. The lowest BCUT2D eigenvalue weighted by atomic mass is 10.0. The summed E-state index contributed by atoms with van der Waals surface area (Å²) < 4.78 is 15.5. The number of aromatic hydroxyl groups is 1. The number of anilines is 1. The van der Waals surface area contributed by atoms with Gasteiger partial charge in [0.2, 0.25) is 0 Å². The van der Waals surface area contributed by atoms with Crippen LogP contribution in [0.15, 0.2) is 59.3 Å². The minimum atomic E-state index is -0.608. The number of hydrogen-bond acceptors (Lipinski definition) is 6. The molecule has 2 aromatic rings. The molecule has 0 saturated heterocycles. The van der Waals surface area contributed by atoms with Crippen LogP contribution in [0.4, 0.5) is 5.69 Å². The standard InChI is InChI=1S/C22H21NO6/c1-13-20(22(26)29-4)17(11-14-5-8-16(24)9-6-14)21(25)23(13)15-7-10-18(27-2)19(12-15)28-3/h5-12,24H,1-4H3/b17-11-. The topological polar surface area (TPSA) is 85.3 Å². The molecule has 0 bridgehead atoms. The lowest BCUT2D eigenvalue weighted by molar-refractivity contribution is -0.136. The summed E-state index contributed by atoms with van der Waals surface area (Å²) in [6.07, 6.45) is 1.60. The zero-order valence-electron chi connectivity index (χ0n) is 16.6. The van der Waals surface area contributed by atoms with Gasteiger partial charge in [-0.1, -0.05) is 12.1 Å². The van der Waals surface area contributed by atoms with Crippen LogP contribution < -0.4 is 14.4 Å². The minimum Gasteiger partial charge on any atom is -0.508 e. The van der Waals surface area contributed by atoms with E-state index < -0.39 is 5.97 Å². The lowest BCUT2D eigenvalue weighted by Gasteiger charge is -2.19. The van der Waals surface area contributed by atoms with Crippen molar-refractivity contribution >= 4 is 23.6 Å². The Morgan fingerprint density at radius 3 is 2.24 bits per heavy atom. The van der Waals surface area contributed by atoms with Gasteiger partial charge in [0, 0.05) is 11.8 Å². The van der Waals surface area contributed by atoms with E-state index in [1.165, 1.54) is 38.4 Å². The van der Waals surface area contributed by atoms with E-state index in [9.17, 15) is 14.7 Å². The molecule has 2 aromatic carbocycles. The number of nitrogens with zero attached hydrogens (tertiary/aromatic N) is 1. The number of carbonyl (C=O) groups excluding carboxylic acids is 2. The second-order valence-electron chi connectivity index (χ2n) is 6.28. The molecule has 0 spiro atoms. The number of methoxy groups -OCH3 is 3. The number of phenolic OH excluding ortho intramolecular Hbond substituents is 1. The molecule has 29 heavy (non-hydrogen) atoms. The lowest BCUT2D eigenvalue weighted by Crippen LogP contribution is -2.24. The highest BCUT2D eigenvalue weighted by Crippen LogP contribution is 2.39. The minimum absolute atomic E-state index is 0.108. The number of hydrogen-bond donors (Lipinski definition) is 1. The Hall–Kier alpha value is -3.74. The first-order chi connectivity index (χ1) is 13.9. The molecule has 1 N–H and O–H groups in total. The van der Waals surface area contributed by atoms with Gasteiger partial charge in [0.15, 0.2) is 11.5 Å². The van der Waals surface area contributed by atoms with Crippen LogP contribution in [0, 0.1) is 0 Å². The van der Waals surface area contributed by atoms with Crippen LogP contribution in [0.1, 0.15) is 12.5 Å². The Kier molecular flexibility index (Phi) is 5.59. The summed E-state index contributed by atoms with van der Waals surface area (Å²) in [6, 6.07) is 11.4. The molecule has 7 nitrogen and oxygen atoms in total. The fourth-order valence-corrected chi connectivity index (χ4v) is 3.19. The summed E-state index contributed by atoms with van der Waals surface area (Å²) in [5.74, 6) is 0.113. The Balaban J connectivity index is 2.13. The molecule has 1 aliphatic heterocycles. The van der Waals surface area contributed by atoms with Gasteiger partial charge in [0.05, 0.1) is 38.2 Å². The molecule has 0 atom stereocenters. The van der Waals surface area contributed by atoms with Crippen molar-refractivity contribution in [3.63, 3.8) is 0 Å². The normalized spacial score (nSPS) is 15.1. The predicted molar refractivity (Wildman–Crippen MR) is 108 cm³/mol. The first-order valence-corrected chi connectivity index (χ1v) is 8.78. The predicted octanol–water partition coefficient (Wildman–Crippen LogP) is 3.29. The van der Waals surface area contributed by atoms with Gasteiger partial charge >= 0.3 is 5.97 Å². The third-order valence-corrected chi connectivity index (χ3v) is 4.62. The van der Waals surface area contributed by atoms with Crippen molar-refractivity contribution < 1.29 is 28.9 Å². The van der Waals surface area contributed by atoms with Crippen LogP contribution in [0.3, 0.4) is 0 Å². The average molecular weight is 395 g/mol. The number of esters is 1. The van der Waals surface area contributed by atoms with Gasteiger partial charge < -0.3 is 19.3 Å². The maximum atomic E-state index is 13.3. The van der Waals surface area contributed by atoms with Crippen LogP contribution in [-0.2, 0) is 14.3 Å². The van der Waals surface area contributed by atoms with Gasteiger partial charge in [-0.2, -0.15) is 0 Å². The summed E-state index contributed by atoms with van der Waals surface area (Å²) in [7, 11) is 4.30. The molecule has 7 heteroatoms. The number of ether oxygens (including phenoxy) is 3. The quantitative estimate of drug-likeness (QED) is 0.618. The maximum Gasteiger partial charge on any atom is 0.340 e. The van der Waals surface area contributed by atoms with Crippen LogP contribution in [0.25, 0.3) is 6.08 Å². The number of allylic oxidation sites excluding steroid dienone is 1. The number of benzene rings is 2. The largest absolute Gasteiger partial charge is 0.508 e. The third-order valence-electron chi connectivity index (χ3n) is 4.62. The van der Waals surface area contributed by atoms with Crippen LogP contribution in [-0.4, -0.2) is 38.3 Å². The molecule has 0 fully saturated rings. The molecular formula is C22H21NO6. The van der Waals surface area contributed by atoms with Gasteiger partial charge in [-0.15, -0.1) is 0 Å². The summed E-state index contributed by atoms with van der Waals surface area (Å²) in [5, 5.41) is 9.47.